The molecule has 20 heavy (non-hydrogen) atoms. The molecule has 6 heteroatoms. The van der Waals surface area contributed by atoms with Gasteiger partial charge < -0.3 is 15.7 Å². The van der Waals surface area contributed by atoms with Gasteiger partial charge >= 0.3 is 5.97 Å². The lowest BCUT2D eigenvalue weighted by molar-refractivity contribution is -0.141. The van der Waals surface area contributed by atoms with Crippen LogP contribution in [0.1, 0.15) is 23.6 Å². The quantitative estimate of drug-likeness (QED) is 0.730. The number of amides is 1. The van der Waals surface area contributed by atoms with E-state index in [9.17, 15) is 14.0 Å². The Hall–Kier alpha value is -1.95. The third-order valence-corrected chi connectivity index (χ3v) is 2.85. The first-order chi connectivity index (χ1) is 9.31. The minimum absolute atomic E-state index is 0.102. The van der Waals surface area contributed by atoms with Crippen LogP contribution in [0, 0.1) is 19.7 Å². The van der Waals surface area contributed by atoms with Crippen molar-refractivity contribution in [1.29, 1.82) is 0 Å². The number of rotatable bonds is 6. The highest BCUT2D eigenvalue weighted by Gasteiger charge is 2.17. The zero-order valence-electron chi connectivity index (χ0n) is 11.8. The monoisotopic (exact) mass is 282 g/mol. The Morgan fingerprint density at radius 1 is 1.30 bits per heavy atom. The highest BCUT2D eigenvalue weighted by Crippen LogP contribution is 2.14. The van der Waals surface area contributed by atoms with E-state index in [4.69, 9.17) is 5.11 Å². The van der Waals surface area contributed by atoms with E-state index in [2.05, 4.69) is 10.6 Å². The second-order valence-corrected chi connectivity index (χ2v) is 4.77. The van der Waals surface area contributed by atoms with Crippen molar-refractivity contribution in [2.75, 3.05) is 6.54 Å². The van der Waals surface area contributed by atoms with Gasteiger partial charge in [0.25, 0.3) is 0 Å². The van der Waals surface area contributed by atoms with Gasteiger partial charge in [0.15, 0.2) is 0 Å². The molecule has 1 aromatic carbocycles. The van der Waals surface area contributed by atoms with E-state index in [0.29, 0.717) is 17.7 Å². The number of halogens is 1. The summed E-state index contributed by atoms with van der Waals surface area (Å²) < 4.78 is 13.5. The molecule has 5 nitrogen and oxygen atoms in total. The second kappa shape index (κ2) is 7.00. The molecule has 1 atom stereocenters. The first kappa shape index (κ1) is 16.1. The van der Waals surface area contributed by atoms with Gasteiger partial charge in [-0.25, -0.2) is 9.18 Å². The number of aryl methyl sites for hydroxylation is 2. The van der Waals surface area contributed by atoms with Crippen molar-refractivity contribution in [1.82, 2.24) is 10.6 Å². The number of nitrogens with one attached hydrogen (secondary N) is 2. The molecule has 0 aromatic heterocycles. The molecule has 0 spiro atoms. The lowest BCUT2D eigenvalue weighted by Gasteiger charge is -2.14. The standard InChI is InChI=1S/C14H19FN2O3/c1-8-4-11(5-9(2)13(8)15)6-16-7-12(14(19)20)17-10(3)18/h4-5,12,16H,6-7H2,1-3H3,(H,17,18)(H,19,20). The molecule has 0 aliphatic heterocycles. The van der Waals surface area contributed by atoms with Crippen LogP contribution in [0.2, 0.25) is 0 Å². The van der Waals surface area contributed by atoms with Gasteiger partial charge in [-0.2, -0.15) is 0 Å². The van der Waals surface area contributed by atoms with Gasteiger partial charge in [-0.1, -0.05) is 12.1 Å². The van der Waals surface area contributed by atoms with E-state index >= 15 is 0 Å². The molecule has 0 fully saturated rings. The number of carbonyl (C=O) groups excluding carboxylic acids is 1. The molecule has 1 amide bonds. The summed E-state index contributed by atoms with van der Waals surface area (Å²) >= 11 is 0. The van der Waals surface area contributed by atoms with Crippen molar-refractivity contribution in [2.24, 2.45) is 0 Å². The lowest BCUT2D eigenvalue weighted by atomic mass is 10.1. The van der Waals surface area contributed by atoms with Gasteiger partial charge in [-0.15, -0.1) is 0 Å². The Morgan fingerprint density at radius 3 is 2.30 bits per heavy atom. The summed E-state index contributed by atoms with van der Waals surface area (Å²) in [6.45, 7) is 5.14. The first-order valence-corrected chi connectivity index (χ1v) is 6.27. The molecule has 0 bridgehead atoms. The fourth-order valence-electron chi connectivity index (χ4n) is 1.94. The van der Waals surface area contributed by atoms with Crippen molar-refractivity contribution in [2.45, 2.75) is 33.4 Å². The SMILES string of the molecule is CC(=O)NC(CNCc1cc(C)c(F)c(C)c1)C(=O)O. The van der Waals surface area contributed by atoms with Crippen LogP contribution >= 0.6 is 0 Å². The molecule has 3 N–H and O–H groups in total. The Kier molecular flexibility index (Phi) is 5.64. The Morgan fingerprint density at radius 2 is 1.85 bits per heavy atom. The van der Waals surface area contributed by atoms with E-state index in [1.54, 1.807) is 26.0 Å². The van der Waals surface area contributed by atoms with Gasteiger partial charge in [0, 0.05) is 20.0 Å². The van der Waals surface area contributed by atoms with Crippen LogP contribution in [-0.4, -0.2) is 29.6 Å². The molecular weight excluding hydrogens is 263 g/mol. The molecule has 1 rings (SSSR count). The smallest absolute Gasteiger partial charge is 0.327 e. The highest BCUT2D eigenvalue weighted by molar-refractivity contribution is 5.82. The fraction of sp³-hybridized carbons (Fsp3) is 0.429. The van der Waals surface area contributed by atoms with Crippen LogP contribution in [-0.2, 0) is 16.1 Å². The molecule has 0 aliphatic rings. The van der Waals surface area contributed by atoms with Gasteiger partial charge in [-0.05, 0) is 30.5 Å². The number of aliphatic carboxylic acids is 1. The predicted octanol–water partition coefficient (Wildman–Crippen LogP) is 1.12. The molecule has 1 aromatic rings. The highest BCUT2D eigenvalue weighted by atomic mass is 19.1. The van der Waals surface area contributed by atoms with Gasteiger partial charge in [-0.3, -0.25) is 4.79 Å². The Bertz CT molecular complexity index is 494. The summed E-state index contributed by atoms with van der Waals surface area (Å²) in [6.07, 6.45) is 0. The molecule has 1 unspecified atom stereocenters. The molecule has 0 heterocycles. The topological polar surface area (TPSA) is 78.4 Å². The molecule has 0 saturated carbocycles. The van der Waals surface area contributed by atoms with Crippen molar-refractivity contribution in [3.05, 3.63) is 34.6 Å². The van der Waals surface area contributed by atoms with E-state index in [-0.39, 0.29) is 12.4 Å². The molecule has 0 radical (unpaired) electrons. The second-order valence-electron chi connectivity index (χ2n) is 4.77. The van der Waals surface area contributed by atoms with Crippen LogP contribution in [0.15, 0.2) is 12.1 Å². The average Bonchev–Trinajstić information content (AvgIpc) is 2.34. The van der Waals surface area contributed by atoms with Crippen LogP contribution in [0.5, 0.6) is 0 Å². The van der Waals surface area contributed by atoms with Gasteiger partial charge in [0.1, 0.15) is 11.9 Å². The number of hydrogen-bond acceptors (Lipinski definition) is 3. The Balaban J connectivity index is 2.59. The van der Waals surface area contributed by atoms with E-state index in [1.165, 1.54) is 6.92 Å². The molecule has 110 valence electrons. The number of carboxylic acids is 1. The molecule has 0 saturated heterocycles. The third-order valence-electron chi connectivity index (χ3n) is 2.85. The maximum Gasteiger partial charge on any atom is 0.327 e. The summed E-state index contributed by atoms with van der Waals surface area (Å²) in [7, 11) is 0. The lowest BCUT2D eigenvalue weighted by Crippen LogP contribution is -2.46. The normalized spacial score (nSPS) is 12.0. The van der Waals surface area contributed by atoms with Crippen molar-refractivity contribution < 1.29 is 19.1 Å². The average molecular weight is 282 g/mol. The first-order valence-electron chi connectivity index (χ1n) is 6.27. The van der Waals surface area contributed by atoms with E-state index in [0.717, 1.165) is 5.56 Å². The summed E-state index contributed by atoms with van der Waals surface area (Å²) in [5, 5.41) is 14.2. The molecular formula is C14H19FN2O3. The van der Waals surface area contributed by atoms with Gasteiger partial charge in [0.2, 0.25) is 5.91 Å². The van der Waals surface area contributed by atoms with Gasteiger partial charge in [0.05, 0.1) is 0 Å². The minimum atomic E-state index is -1.10. The minimum Gasteiger partial charge on any atom is -0.480 e. The number of hydrogen-bond donors (Lipinski definition) is 3. The summed E-state index contributed by atoms with van der Waals surface area (Å²) in [6, 6.07) is 2.45. The Labute approximate surface area is 117 Å². The van der Waals surface area contributed by atoms with Crippen LogP contribution < -0.4 is 10.6 Å². The number of carbonyl (C=O) groups is 2. The summed E-state index contributed by atoms with van der Waals surface area (Å²) in [5.74, 6) is -1.72. The van der Waals surface area contributed by atoms with Crippen LogP contribution in [0.4, 0.5) is 4.39 Å². The van der Waals surface area contributed by atoms with Crippen molar-refractivity contribution >= 4 is 11.9 Å². The maximum atomic E-state index is 13.5. The number of benzene rings is 1. The van der Waals surface area contributed by atoms with Crippen LogP contribution in [0.3, 0.4) is 0 Å². The maximum absolute atomic E-state index is 13.5. The van der Waals surface area contributed by atoms with E-state index in [1.807, 2.05) is 0 Å². The molecule has 0 aliphatic carbocycles. The zero-order chi connectivity index (χ0) is 15.3. The third kappa shape index (κ3) is 4.62. The largest absolute Gasteiger partial charge is 0.480 e. The number of carboxylic acid groups (broad SMARTS) is 1. The summed E-state index contributed by atoms with van der Waals surface area (Å²) in [5.41, 5.74) is 1.98. The predicted molar refractivity (Wildman–Crippen MR) is 72.8 cm³/mol. The fourth-order valence-corrected chi connectivity index (χ4v) is 1.94. The van der Waals surface area contributed by atoms with E-state index < -0.39 is 17.9 Å². The van der Waals surface area contributed by atoms with Crippen molar-refractivity contribution in [3.63, 3.8) is 0 Å². The summed E-state index contributed by atoms with van der Waals surface area (Å²) in [4.78, 5) is 21.8. The van der Waals surface area contributed by atoms with Crippen LogP contribution in [0.25, 0.3) is 0 Å². The van der Waals surface area contributed by atoms with Crippen molar-refractivity contribution in [3.8, 4) is 0 Å². The zero-order valence-corrected chi connectivity index (χ0v) is 11.8.